The number of hydrogen-bond donors (Lipinski definition) is 1. The van der Waals surface area contributed by atoms with Crippen molar-refractivity contribution in [3.8, 4) is 11.5 Å². The number of nitrogens with zero attached hydrogens (tertiary/aromatic N) is 1. The van der Waals surface area contributed by atoms with E-state index in [1.165, 1.54) is 12.1 Å². The molecular weight excluding hydrogens is 335 g/mol. The predicted molar refractivity (Wildman–Crippen MR) is 96.9 cm³/mol. The Morgan fingerprint density at radius 3 is 2.31 bits per heavy atom. The molecule has 2 aromatic carbocycles. The Morgan fingerprint density at radius 1 is 1.08 bits per heavy atom. The van der Waals surface area contributed by atoms with Gasteiger partial charge in [-0.05, 0) is 42.0 Å². The number of halogens is 1. The number of benzene rings is 2. The van der Waals surface area contributed by atoms with E-state index in [0.717, 1.165) is 24.2 Å². The van der Waals surface area contributed by atoms with E-state index in [0.29, 0.717) is 25.4 Å². The number of carbonyl (C=O) groups is 1. The van der Waals surface area contributed by atoms with Crippen molar-refractivity contribution in [2.24, 2.45) is 0 Å². The van der Waals surface area contributed by atoms with Crippen LogP contribution < -0.4 is 14.8 Å². The second-order valence-corrected chi connectivity index (χ2v) is 6.26. The van der Waals surface area contributed by atoms with Gasteiger partial charge in [-0.15, -0.1) is 0 Å². The van der Waals surface area contributed by atoms with Crippen molar-refractivity contribution in [3.63, 3.8) is 0 Å². The maximum absolute atomic E-state index is 12.9. The van der Waals surface area contributed by atoms with E-state index in [2.05, 4.69) is 5.32 Å². The van der Waals surface area contributed by atoms with Crippen LogP contribution in [0, 0.1) is 5.82 Å². The quantitative estimate of drug-likeness (QED) is 0.889. The van der Waals surface area contributed by atoms with Gasteiger partial charge >= 0.3 is 6.03 Å². The third kappa shape index (κ3) is 4.88. The van der Waals surface area contributed by atoms with Crippen molar-refractivity contribution in [3.05, 3.63) is 59.9 Å². The fourth-order valence-electron chi connectivity index (χ4n) is 2.92. The van der Waals surface area contributed by atoms with E-state index in [4.69, 9.17) is 9.47 Å². The minimum atomic E-state index is -0.277. The van der Waals surface area contributed by atoms with Crippen LogP contribution in [0.4, 0.5) is 9.18 Å². The molecule has 6 heteroatoms. The monoisotopic (exact) mass is 358 g/mol. The van der Waals surface area contributed by atoms with Crippen molar-refractivity contribution < 1.29 is 18.7 Å². The molecule has 26 heavy (non-hydrogen) atoms. The normalized spacial score (nSPS) is 14.8. The number of carbonyl (C=O) groups excluding carboxylic acids is 1. The number of methoxy groups -OCH3 is 1. The van der Waals surface area contributed by atoms with Crippen molar-refractivity contribution in [2.45, 2.75) is 25.5 Å². The summed E-state index contributed by atoms with van der Waals surface area (Å²) >= 11 is 0. The molecule has 0 aliphatic carbocycles. The Labute approximate surface area is 152 Å². The van der Waals surface area contributed by atoms with Gasteiger partial charge < -0.3 is 19.7 Å². The van der Waals surface area contributed by atoms with Gasteiger partial charge in [0.25, 0.3) is 0 Å². The molecule has 0 saturated carbocycles. The average molecular weight is 358 g/mol. The maximum Gasteiger partial charge on any atom is 0.317 e. The number of nitrogens with one attached hydrogen (secondary N) is 1. The van der Waals surface area contributed by atoms with Crippen LogP contribution in [0.25, 0.3) is 0 Å². The lowest BCUT2D eigenvalue weighted by Crippen LogP contribution is -2.46. The first kappa shape index (κ1) is 18.0. The Hall–Kier alpha value is -2.76. The van der Waals surface area contributed by atoms with Crippen LogP contribution in [-0.2, 0) is 6.54 Å². The van der Waals surface area contributed by atoms with Crippen molar-refractivity contribution in [1.29, 1.82) is 0 Å². The first-order valence-electron chi connectivity index (χ1n) is 8.72. The number of amides is 2. The molecular formula is C20H23FN2O3. The third-order valence-corrected chi connectivity index (χ3v) is 4.45. The van der Waals surface area contributed by atoms with E-state index in [1.807, 2.05) is 24.3 Å². The Balaban J connectivity index is 1.42. The molecule has 0 unspecified atom stereocenters. The van der Waals surface area contributed by atoms with Crippen molar-refractivity contribution >= 4 is 6.03 Å². The predicted octanol–water partition coefficient (Wildman–Crippen LogP) is 3.59. The summed E-state index contributed by atoms with van der Waals surface area (Å²) in [6.07, 6.45) is 1.56. The molecule has 1 fully saturated rings. The smallest absolute Gasteiger partial charge is 0.317 e. The summed E-state index contributed by atoms with van der Waals surface area (Å²) in [4.78, 5) is 14.1. The molecule has 0 bridgehead atoms. The molecule has 1 saturated heterocycles. The average Bonchev–Trinajstić information content (AvgIpc) is 2.69. The number of rotatable bonds is 5. The molecule has 2 aromatic rings. The highest BCUT2D eigenvalue weighted by Crippen LogP contribution is 2.19. The molecule has 3 rings (SSSR count). The SMILES string of the molecule is COc1ccc(CNC(=O)N2CCC(Oc3ccc(F)cc3)CC2)cc1. The third-order valence-electron chi connectivity index (χ3n) is 4.45. The van der Waals surface area contributed by atoms with Crippen LogP contribution in [-0.4, -0.2) is 37.2 Å². The molecule has 2 amide bonds. The zero-order valence-corrected chi connectivity index (χ0v) is 14.8. The standard InChI is InChI=1S/C20H23FN2O3/c1-25-17-6-2-15(3-7-17)14-22-20(24)23-12-10-19(11-13-23)26-18-8-4-16(21)5-9-18/h2-9,19H,10-14H2,1H3,(H,22,24). The lowest BCUT2D eigenvalue weighted by molar-refractivity contribution is 0.111. The molecule has 1 heterocycles. The van der Waals surface area contributed by atoms with Crippen LogP contribution in [0.1, 0.15) is 18.4 Å². The highest BCUT2D eigenvalue weighted by molar-refractivity contribution is 5.74. The van der Waals surface area contributed by atoms with Crippen LogP contribution in [0.3, 0.4) is 0 Å². The summed E-state index contributed by atoms with van der Waals surface area (Å²) in [5.41, 5.74) is 1.02. The summed E-state index contributed by atoms with van der Waals surface area (Å²) < 4.78 is 23.9. The number of piperidine rings is 1. The number of hydrogen-bond acceptors (Lipinski definition) is 3. The second kappa shape index (κ2) is 8.56. The highest BCUT2D eigenvalue weighted by Gasteiger charge is 2.23. The highest BCUT2D eigenvalue weighted by atomic mass is 19.1. The van der Waals surface area contributed by atoms with Gasteiger partial charge in [0.1, 0.15) is 23.4 Å². The number of urea groups is 1. The Kier molecular flexibility index (Phi) is 5.94. The first-order valence-corrected chi connectivity index (χ1v) is 8.72. The number of likely N-dealkylation sites (tertiary alicyclic amines) is 1. The van der Waals surface area contributed by atoms with Gasteiger partial charge in [0.15, 0.2) is 0 Å². The molecule has 0 spiro atoms. The van der Waals surface area contributed by atoms with Gasteiger partial charge in [-0.2, -0.15) is 0 Å². The van der Waals surface area contributed by atoms with Gasteiger partial charge in [-0.1, -0.05) is 12.1 Å². The molecule has 138 valence electrons. The number of ether oxygens (including phenoxy) is 2. The molecule has 0 aromatic heterocycles. The van der Waals surface area contributed by atoms with E-state index in [9.17, 15) is 9.18 Å². The zero-order valence-electron chi connectivity index (χ0n) is 14.8. The Morgan fingerprint density at radius 2 is 1.69 bits per heavy atom. The maximum atomic E-state index is 12.9. The summed E-state index contributed by atoms with van der Waals surface area (Å²) in [5.74, 6) is 1.18. The fourth-order valence-corrected chi connectivity index (χ4v) is 2.92. The molecule has 1 aliphatic heterocycles. The van der Waals surface area contributed by atoms with Crippen molar-refractivity contribution in [1.82, 2.24) is 10.2 Å². The van der Waals surface area contributed by atoms with E-state index >= 15 is 0 Å². The van der Waals surface area contributed by atoms with Gasteiger partial charge in [0.2, 0.25) is 0 Å². The molecule has 0 radical (unpaired) electrons. The summed E-state index contributed by atoms with van der Waals surface area (Å²) in [7, 11) is 1.63. The largest absolute Gasteiger partial charge is 0.497 e. The summed E-state index contributed by atoms with van der Waals surface area (Å²) in [6, 6.07) is 13.6. The molecule has 1 N–H and O–H groups in total. The van der Waals surface area contributed by atoms with Crippen LogP contribution in [0.15, 0.2) is 48.5 Å². The molecule has 5 nitrogen and oxygen atoms in total. The molecule has 1 aliphatic rings. The summed E-state index contributed by atoms with van der Waals surface area (Å²) in [5, 5.41) is 2.94. The van der Waals surface area contributed by atoms with Crippen molar-refractivity contribution in [2.75, 3.05) is 20.2 Å². The van der Waals surface area contributed by atoms with Crippen LogP contribution in [0.5, 0.6) is 11.5 Å². The lowest BCUT2D eigenvalue weighted by Gasteiger charge is -2.32. The first-order chi connectivity index (χ1) is 12.6. The van der Waals surface area contributed by atoms with E-state index < -0.39 is 0 Å². The zero-order chi connectivity index (χ0) is 18.4. The Bertz CT molecular complexity index is 711. The second-order valence-electron chi connectivity index (χ2n) is 6.26. The van der Waals surface area contributed by atoms with Crippen LogP contribution >= 0.6 is 0 Å². The van der Waals surface area contributed by atoms with E-state index in [1.54, 1.807) is 24.1 Å². The minimum Gasteiger partial charge on any atom is -0.497 e. The van der Waals surface area contributed by atoms with E-state index in [-0.39, 0.29) is 18.0 Å². The fraction of sp³-hybridized carbons (Fsp3) is 0.350. The van der Waals surface area contributed by atoms with Gasteiger partial charge in [-0.25, -0.2) is 9.18 Å². The molecule has 0 atom stereocenters. The summed E-state index contributed by atoms with van der Waals surface area (Å²) in [6.45, 7) is 1.76. The van der Waals surface area contributed by atoms with Gasteiger partial charge in [0, 0.05) is 32.5 Å². The topological polar surface area (TPSA) is 50.8 Å². The van der Waals surface area contributed by atoms with Crippen LogP contribution in [0.2, 0.25) is 0 Å². The minimum absolute atomic E-state index is 0.0473. The van der Waals surface area contributed by atoms with Gasteiger partial charge in [-0.3, -0.25) is 0 Å². The van der Waals surface area contributed by atoms with Gasteiger partial charge in [0.05, 0.1) is 7.11 Å². The lowest BCUT2D eigenvalue weighted by atomic mass is 10.1.